The number of carbonyl (C=O) groups excluding carboxylic acids is 2. The monoisotopic (exact) mass is 430 g/mol. The number of H-pyrrole nitrogens is 1. The van der Waals surface area contributed by atoms with E-state index in [2.05, 4.69) is 4.98 Å². The number of hydrogen-bond donors (Lipinski definition) is 2. The lowest BCUT2D eigenvalue weighted by molar-refractivity contribution is 0.0502. The Morgan fingerprint density at radius 1 is 1.10 bits per heavy atom. The molecular weight excluding hydrogens is 408 g/mol. The Bertz CT molecular complexity index is 986. The van der Waals surface area contributed by atoms with Crippen molar-refractivity contribution in [1.82, 2.24) is 4.98 Å². The van der Waals surface area contributed by atoms with Gasteiger partial charge in [-0.25, -0.2) is 4.79 Å². The van der Waals surface area contributed by atoms with Gasteiger partial charge in [-0.05, 0) is 42.0 Å². The first-order valence-corrected chi connectivity index (χ1v) is 11.8. The third-order valence-electron chi connectivity index (χ3n) is 4.26. The maximum atomic E-state index is 11.6. The zero-order valence-electron chi connectivity index (χ0n) is 16.0. The first-order valence-electron chi connectivity index (χ1n) is 9.04. The number of amides is 1. The van der Waals surface area contributed by atoms with Crippen LogP contribution in [0.4, 0.5) is 4.79 Å². The largest absolute Gasteiger partial charge is 0.508 e. The number of carbonyl (C=O) groups is 2. The second-order valence-electron chi connectivity index (χ2n) is 6.24. The summed E-state index contributed by atoms with van der Waals surface area (Å²) in [5, 5.41) is 0.793. The van der Waals surface area contributed by atoms with Gasteiger partial charge in [0.05, 0.1) is 6.61 Å². The predicted octanol–water partition coefficient (Wildman–Crippen LogP) is 4.99. The molecule has 0 saturated heterocycles. The van der Waals surface area contributed by atoms with Crippen LogP contribution >= 0.6 is 21.6 Å². The maximum Gasteiger partial charge on any atom is 0.508 e. The van der Waals surface area contributed by atoms with E-state index in [1.807, 2.05) is 42.7 Å². The summed E-state index contributed by atoms with van der Waals surface area (Å²) < 4.78 is 10.2. The minimum atomic E-state index is -0.655. The van der Waals surface area contributed by atoms with Crippen molar-refractivity contribution in [3.8, 4) is 11.3 Å². The molecule has 1 amide bonds. The maximum absolute atomic E-state index is 11.6. The highest BCUT2D eigenvalue weighted by Crippen LogP contribution is 2.27. The van der Waals surface area contributed by atoms with Gasteiger partial charge in [-0.15, -0.1) is 0 Å². The minimum absolute atomic E-state index is 0.150. The molecule has 1 heterocycles. The lowest BCUT2D eigenvalue weighted by Gasteiger charge is -2.07. The number of ether oxygens (including phenoxy) is 2. The normalized spacial score (nSPS) is 10.8. The molecule has 29 heavy (non-hydrogen) atoms. The molecule has 0 aliphatic carbocycles. The molecule has 3 N–H and O–H groups in total. The van der Waals surface area contributed by atoms with Gasteiger partial charge in [0.2, 0.25) is 5.91 Å². The van der Waals surface area contributed by atoms with Crippen molar-refractivity contribution in [2.45, 2.75) is 13.0 Å². The van der Waals surface area contributed by atoms with Gasteiger partial charge in [-0.1, -0.05) is 51.9 Å². The van der Waals surface area contributed by atoms with Crippen LogP contribution in [0.1, 0.15) is 22.3 Å². The molecule has 6 nitrogen and oxygen atoms in total. The zero-order chi connectivity index (χ0) is 20.6. The summed E-state index contributed by atoms with van der Waals surface area (Å²) in [5.74, 6) is 0.480. The van der Waals surface area contributed by atoms with Gasteiger partial charge in [-0.3, -0.25) is 4.79 Å². The fourth-order valence-electron chi connectivity index (χ4n) is 2.85. The predicted molar refractivity (Wildman–Crippen MR) is 119 cm³/mol. The van der Waals surface area contributed by atoms with Crippen molar-refractivity contribution in [3.63, 3.8) is 0 Å². The van der Waals surface area contributed by atoms with Crippen LogP contribution < -0.4 is 5.73 Å². The standard InChI is InChI=1S/C21H22N2O4S2/c1-28-29-11-3-10-26-21(25)27-13-14-6-8-15(9-7-14)19-12-17-16(20(22)24)4-2-5-18(17)23-19/h2,4-9,12,23H,3,10-11,13H2,1H3,(H2,22,24). The van der Waals surface area contributed by atoms with Crippen molar-refractivity contribution >= 4 is 44.6 Å². The van der Waals surface area contributed by atoms with Crippen LogP contribution in [-0.4, -0.2) is 35.7 Å². The fraction of sp³-hybridized carbons (Fsp3) is 0.238. The fourth-order valence-corrected chi connectivity index (χ4v) is 4.10. The molecule has 0 bridgehead atoms. The van der Waals surface area contributed by atoms with E-state index in [-0.39, 0.29) is 6.61 Å². The minimum Gasteiger partial charge on any atom is -0.434 e. The molecule has 3 rings (SSSR count). The van der Waals surface area contributed by atoms with Crippen LogP contribution in [0.25, 0.3) is 22.2 Å². The highest BCUT2D eigenvalue weighted by molar-refractivity contribution is 8.76. The number of aromatic nitrogens is 1. The molecule has 1 aromatic heterocycles. The Hall–Kier alpha value is -2.58. The molecule has 0 radical (unpaired) electrons. The summed E-state index contributed by atoms with van der Waals surface area (Å²) in [5.41, 5.74) is 9.48. The van der Waals surface area contributed by atoms with Crippen LogP contribution in [0.5, 0.6) is 0 Å². The molecule has 2 aromatic carbocycles. The Kier molecular flexibility index (Phi) is 7.48. The Balaban J connectivity index is 1.58. The summed E-state index contributed by atoms with van der Waals surface area (Å²) in [6.07, 6.45) is 2.16. The first-order chi connectivity index (χ1) is 14.1. The van der Waals surface area contributed by atoms with E-state index in [9.17, 15) is 9.59 Å². The number of aromatic amines is 1. The van der Waals surface area contributed by atoms with Gasteiger partial charge in [-0.2, -0.15) is 0 Å². The Morgan fingerprint density at radius 3 is 2.62 bits per heavy atom. The molecule has 8 heteroatoms. The average molecular weight is 431 g/mol. The summed E-state index contributed by atoms with van der Waals surface area (Å²) in [7, 11) is 3.42. The van der Waals surface area contributed by atoms with Crippen LogP contribution in [0.2, 0.25) is 0 Å². The lowest BCUT2D eigenvalue weighted by Crippen LogP contribution is -2.10. The van der Waals surface area contributed by atoms with Crippen molar-refractivity contribution in [2.75, 3.05) is 18.6 Å². The van der Waals surface area contributed by atoms with Gasteiger partial charge in [0, 0.05) is 27.9 Å². The molecule has 0 aliphatic rings. The molecule has 0 spiro atoms. The summed E-state index contributed by atoms with van der Waals surface area (Å²) in [6.45, 7) is 0.510. The average Bonchev–Trinajstić information content (AvgIpc) is 3.16. The number of nitrogens with two attached hydrogens (primary N) is 1. The highest BCUT2D eigenvalue weighted by atomic mass is 33.1. The van der Waals surface area contributed by atoms with Gasteiger partial charge in [0.1, 0.15) is 6.61 Å². The van der Waals surface area contributed by atoms with E-state index in [4.69, 9.17) is 15.2 Å². The van der Waals surface area contributed by atoms with E-state index in [0.717, 1.165) is 39.9 Å². The van der Waals surface area contributed by atoms with Crippen LogP contribution in [-0.2, 0) is 16.1 Å². The molecule has 3 aromatic rings. The molecule has 0 unspecified atom stereocenters. The van der Waals surface area contributed by atoms with E-state index < -0.39 is 12.1 Å². The number of hydrogen-bond acceptors (Lipinski definition) is 6. The van der Waals surface area contributed by atoms with Crippen LogP contribution in [0.3, 0.4) is 0 Å². The van der Waals surface area contributed by atoms with E-state index in [0.29, 0.717) is 12.2 Å². The molecule has 0 atom stereocenters. The summed E-state index contributed by atoms with van der Waals surface area (Å²) >= 11 is 0. The number of benzene rings is 2. The van der Waals surface area contributed by atoms with E-state index >= 15 is 0 Å². The number of rotatable bonds is 9. The molecular formula is C21H22N2O4S2. The van der Waals surface area contributed by atoms with Crippen LogP contribution in [0, 0.1) is 0 Å². The molecule has 0 fully saturated rings. The van der Waals surface area contributed by atoms with Gasteiger partial charge in [0.15, 0.2) is 0 Å². The van der Waals surface area contributed by atoms with Gasteiger partial charge >= 0.3 is 6.16 Å². The molecule has 0 saturated carbocycles. The highest BCUT2D eigenvalue weighted by Gasteiger charge is 2.11. The topological polar surface area (TPSA) is 94.4 Å². The second kappa shape index (κ2) is 10.3. The molecule has 152 valence electrons. The first kappa shape index (κ1) is 21.1. The smallest absolute Gasteiger partial charge is 0.434 e. The third kappa shape index (κ3) is 5.71. The summed E-state index contributed by atoms with van der Waals surface area (Å²) in [4.78, 5) is 26.5. The number of primary amides is 1. The van der Waals surface area contributed by atoms with Crippen LogP contribution in [0.15, 0.2) is 48.5 Å². The quantitative estimate of drug-likeness (QED) is 0.282. The number of nitrogens with one attached hydrogen (secondary N) is 1. The number of fused-ring (bicyclic) bond motifs is 1. The molecule has 0 aliphatic heterocycles. The van der Waals surface area contributed by atoms with Crippen molar-refractivity contribution in [2.24, 2.45) is 5.73 Å². The SMILES string of the molecule is CSSCCCOC(=O)OCc1ccc(-c2cc3c(C(N)=O)cccc3[nH]2)cc1. The van der Waals surface area contributed by atoms with Crippen molar-refractivity contribution < 1.29 is 19.1 Å². The Morgan fingerprint density at radius 2 is 1.90 bits per heavy atom. The van der Waals surface area contributed by atoms with Gasteiger partial charge < -0.3 is 20.2 Å². The van der Waals surface area contributed by atoms with E-state index in [1.54, 1.807) is 33.7 Å². The summed E-state index contributed by atoms with van der Waals surface area (Å²) in [6, 6.07) is 15.0. The third-order valence-corrected chi connectivity index (χ3v) is 6.16. The van der Waals surface area contributed by atoms with Crippen molar-refractivity contribution in [1.29, 1.82) is 0 Å². The Labute approximate surface area is 176 Å². The van der Waals surface area contributed by atoms with E-state index in [1.165, 1.54) is 0 Å². The lowest BCUT2D eigenvalue weighted by atomic mass is 10.1. The van der Waals surface area contributed by atoms with Crippen molar-refractivity contribution in [3.05, 3.63) is 59.7 Å². The second-order valence-corrected chi connectivity index (χ2v) is 8.92. The van der Waals surface area contributed by atoms with Gasteiger partial charge in [0.25, 0.3) is 0 Å². The zero-order valence-corrected chi connectivity index (χ0v) is 17.6.